The molecule has 1 aliphatic rings. The summed E-state index contributed by atoms with van der Waals surface area (Å²) in [4.78, 5) is 14.7. The number of rotatable bonds is 6. The molecule has 0 aliphatic carbocycles. The van der Waals surface area contributed by atoms with Crippen LogP contribution in [0.15, 0.2) is 83.1 Å². The first-order chi connectivity index (χ1) is 20.7. The fourth-order valence-electron chi connectivity index (χ4n) is 5.82. The number of anilines is 1. The van der Waals surface area contributed by atoms with Crippen molar-refractivity contribution in [2.45, 2.75) is 24.7 Å². The maximum atomic E-state index is 14.8. The Kier molecular flexibility index (Phi) is 7.54. The van der Waals surface area contributed by atoms with Gasteiger partial charge in [-0.2, -0.15) is 5.26 Å². The normalized spacial score (nSPS) is 14.1. The minimum atomic E-state index is -4.17. The Hall–Kier alpha value is -4.46. The SMILES string of the molecule is COC(=O)C1CCN(c2cccc(-c3c(-c4ccsc4C#N)c4cc(F)ccc4n3S(=O)(=O)c3ccc(C)cc3)c2)CC1. The summed E-state index contributed by atoms with van der Waals surface area (Å²) in [6.07, 6.45) is 1.29. The van der Waals surface area contributed by atoms with Crippen molar-refractivity contribution in [2.75, 3.05) is 25.1 Å². The van der Waals surface area contributed by atoms with E-state index in [1.54, 1.807) is 35.7 Å². The van der Waals surface area contributed by atoms with Gasteiger partial charge < -0.3 is 9.64 Å². The van der Waals surface area contributed by atoms with Crippen LogP contribution < -0.4 is 4.90 Å². The van der Waals surface area contributed by atoms with E-state index in [2.05, 4.69) is 11.0 Å². The third-order valence-electron chi connectivity index (χ3n) is 8.00. The molecule has 7 nitrogen and oxygen atoms in total. The van der Waals surface area contributed by atoms with E-state index in [-0.39, 0.29) is 16.8 Å². The molecule has 0 bridgehead atoms. The lowest BCUT2D eigenvalue weighted by molar-refractivity contribution is -0.146. The molecule has 0 saturated carbocycles. The van der Waals surface area contributed by atoms with E-state index >= 15 is 0 Å². The molecule has 1 fully saturated rings. The summed E-state index contributed by atoms with van der Waals surface area (Å²) in [5, 5.41) is 12.1. The topological polar surface area (TPSA) is 92.4 Å². The second kappa shape index (κ2) is 11.3. The standard InChI is InChI=1S/C33H28FN3O4S2/c1-21-6-9-26(10-7-21)43(39,40)37-29-11-8-24(34)19-28(29)31(27-14-17-42-30(27)20-35)32(37)23-4-3-5-25(18-23)36-15-12-22(13-16-36)33(38)41-2/h3-11,14,17-19,22H,12-13,15-16H2,1-2H3. The molecule has 0 unspecified atom stereocenters. The summed E-state index contributed by atoms with van der Waals surface area (Å²) in [6.45, 7) is 3.15. The van der Waals surface area contributed by atoms with Crippen LogP contribution in [0.2, 0.25) is 0 Å². The van der Waals surface area contributed by atoms with Crippen molar-refractivity contribution < 1.29 is 22.3 Å². The summed E-state index contributed by atoms with van der Waals surface area (Å²) in [5.41, 5.74) is 4.07. The van der Waals surface area contributed by atoms with Gasteiger partial charge in [-0.05, 0) is 73.7 Å². The zero-order chi connectivity index (χ0) is 30.3. The number of esters is 1. The molecular weight excluding hydrogens is 586 g/mol. The second-order valence-corrected chi connectivity index (χ2v) is 13.3. The van der Waals surface area contributed by atoms with Crippen molar-refractivity contribution in [1.82, 2.24) is 3.97 Å². The van der Waals surface area contributed by atoms with Gasteiger partial charge >= 0.3 is 5.97 Å². The predicted octanol–water partition coefficient (Wildman–Crippen LogP) is 6.98. The number of methoxy groups -OCH3 is 1. The number of halogens is 1. The van der Waals surface area contributed by atoms with Crippen molar-refractivity contribution >= 4 is 43.9 Å². The molecule has 2 aromatic heterocycles. The van der Waals surface area contributed by atoms with Crippen molar-refractivity contribution in [1.29, 1.82) is 5.26 Å². The predicted molar refractivity (Wildman–Crippen MR) is 166 cm³/mol. The van der Waals surface area contributed by atoms with Crippen LogP contribution in [0.25, 0.3) is 33.3 Å². The molecule has 3 heterocycles. The number of hydrogen-bond acceptors (Lipinski definition) is 7. The Morgan fingerprint density at radius 1 is 1.05 bits per heavy atom. The fraction of sp³-hybridized carbons (Fsp3) is 0.212. The molecule has 0 N–H and O–H groups in total. The molecule has 1 saturated heterocycles. The minimum Gasteiger partial charge on any atom is -0.469 e. The highest BCUT2D eigenvalue weighted by molar-refractivity contribution is 7.90. The number of nitriles is 1. The van der Waals surface area contributed by atoms with Gasteiger partial charge in [-0.25, -0.2) is 16.8 Å². The lowest BCUT2D eigenvalue weighted by Gasteiger charge is -2.32. The first-order valence-electron chi connectivity index (χ1n) is 13.8. The van der Waals surface area contributed by atoms with Crippen LogP contribution in [-0.4, -0.2) is 38.6 Å². The number of aromatic nitrogens is 1. The minimum absolute atomic E-state index is 0.0963. The van der Waals surface area contributed by atoms with Gasteiger partial charge in [-0.1, -0.05) is 29.8 Å². The summed E-state index contributed by atoms with van der Waals surface area (Å²) in [5.74, 6) is -0.877. The molecule has 6 rings (SSSR count). The number of fused-ring (bicyclic) bond motifs is 1. The Morgan fingerprint density at radius 2 is 1.79 bits per heavy atom. The van der Waals surface area contributed by atoms with Crippen LogP contribution in [0.4, 0.5) is 10.1 Å². The lowest BCUT2D eigenvalue weighted by Crippen LogP contribution is -2.36. The van der Waals surface area contributed by atoms with Crippen molar-refractivity contribution in [3.05, 3.63) is 94.4 Å². The van der Waals surface area contributed by atoms with Crippen molar-refractivity contribution in [3.8, 4) is 28.5 Å². The Labute approximate surface area is 253 Å². The number of piperidine rings is 1. The van der Waals surface area contributed by atoms with Gasteiger partial charge in [0.25, 0.3) is 10.0 Å². The quantitative estimate of drug-likeness (QED) is 0.192. The number of aryl methyl sites for hydroxylation is 1. The zero-order valence-electron chi connectivity index (χ0n) is 23.6. The first kappa shape index (κ1) is 28.6. The molecule has 218 valence electrons. The average Bonchev–Trinajstić information content (AvgIpc) is 3.63. The van der Waals surface area contributed by atoms with Crippen LogP contribution in [-0.2, 0) is 19.6 Å². The average molecular weight is 614 g/mol. The Balaban J connectivity index is 1.61. The van der Waals surface area contributed by atoms with Crippen LogP contribution in [0.3, 0.4) is 0 Å². The molecule has 0 radical (unpaired) electrons. The molecule has 3 aromatic carbocycles. The second-order valence-electron chi connectivity index (χ2n) is 10.6. The van der Waals surface area contributed by atoms with Gasteiger partial charge in [0.15, 0.2) is 0 Å². The van der Waals surface area contributed by atoms with E-state index in [9.17, 15) is 22.9 Å². The van der Waals surface area contributed by atoms with Crippen LogP contribution in [0, 0.1) is 30.0 Å². The number of hydrogen-bond donors (Lipinski definition) is 0. The number of thiophene rings is 1. The van der Waals surface area contributed by atoms with E-state index < -0.39 is 15.8 Å². The Bertz CT molecular complexity index is 2000. The third kappa shape index (κ3) is 5.09. The summed E-state index contributed by atoms with van der Waals surface area (Å²) < 4.78 is 49.9. The molecule has 0 spiro atoms. The summed E-state index contributed by atoms with van der Waals surface area (Å²) in [6, 6.07) is 22.2. The fourth-order valence-corrected chi connectivity index (χ4v) is 8.05. The van der Waals surface area contributed by atoms with E-state index in [1.807, 2.05) is 31.2 Å². The highest BCUT2D eigenvalue weighted by Gasteiger charge is 2.31. The van der Waals surface area contributed by atoms with Gasteiger partial charge in [0.2, 0.25) is 0 Å². The zero-order valence-corrected chi connectivity index (χ0v) is 25.2. The van der Waals surface area contributed by atoms with Gasteiger partial charge in [0, 0.05) is 40.9 Å². The van der Waals surface area contributed by atoms with Crippen LogP contribution in [0.5, 0.6) is 0 Å². The van der Waals surface area contributed by atoms with Crippen LogP contribution >= 0.6 is 11.3 Å². The number of carbonyl (C=O) groups is 1. The molecule has 0 atom stereocenters. The van der Waals surface area contributed by atoms with Crippen molar-refractivity contribution in [2.24, 2.45) is 5.92 Å². The number of carbonyl (C=O) groups excluding carboxylic acids is 1. The summed E-state index contributed by atoms with van der Waals surface area (Å²) >= 11 is 1.25. The molecule has 10 heteroatoms. The van der Waals surface area contributed by atoms with Crippen molar-refractivity contribution in [3.63, 3.8) is 0 Å². The first-order valence-corrected chi connectivity index (χ1v) is 16.1. The molecule has 0 amide bonds. The maximum Gasteiger partial charge on any atom is 0.308 e. The maximum absolute atomic E-state index is 14.8. The van der Waals surface area contributed by atoms with E-state index in [0.717, 1.165) is 11.3 Å². The highest BCUT2D eigenvalue weighted by atomic mass is 32.2. The van der Waals surface area contributed by atoms with Gasteiger partial charge in [0.1, 0.15) is 16.8 Å². The number of benzene rings is 3. The van der Waals surface area contributed by atoms with Gasteiger partial charge in [0.05, 0.1) is 29.1 Å². The van der Waals surface area contributed by atoms with Crippen LogP contribution in [0.1, 0.15) is 23.3 Å². The highest BCUT2D eigenvalue weighted by Crippen LogP contribution is 2.46. The lowest BCUT2D eigenvalue weighted by atomic mass is 9.95. The molecule has 1 aliphatic heterocycles. The monoisotopic (exact) mass is 613 g/mol. The van der Waals surface area contributed by atoms with E-state index in [0.29, 0.717) is 64.1 Å². The Morgan fingerprint density at radius 3 is 2.49 bits per heavy atom. The number of ether oxygens (including phenoxy) is 1. The molecule has 5 aromatic rings. The largest absolute Gasteiger partial charge is 0.469 e. The van der Waals surface area contributed by atoms with Gasteiger partial charge in [-0.15, -0.1) is 11.3 Å². The molecular formula is C33H28FN3O4S2. The van der Waals surface area contributed by atoms with E-state index in [1.165, 1.54) is 40.6 Å². The number of nitrogens with zero attached hydrogens (tertiary/aromatic N) is 3. The molecule has 43 heavy (non-hydrogen) atoms. The van der Waals surface area contributed by atoms with Gasteiger partial charge in [-0.3, -0.25) is 4.79 Å². The smallest absolute Gasteiger partial charge is 0.308 e. The van der Waals surface area contributed by atoms with E-state index in [4.69, 9.17) is 4.74 Å². The third-order valence-corrected chi connectivity index (χ3v) is 10.5. The summed E-state index contributed by atoms with van der Waals surface area (Å²) in [7, 11) is -2.77.